The van der Waals surface area contributed by atoms with Gasteiger partial charge >= 0.3 is 6.03 Å². The normalized spacial score (nSPS) is 22.9. The highest BCUT2D eigenvalue weighted by atomic mass is 16.5. The number of fused-ring (bicyclic) bond motifs is 2. The third-order valence-corrected chi connectivity index (χ3v) is 6.97. The molecule has 9 nitrogen and oxygen atoms in total. The lowest BCUT2D eigenvalue weighted by molar-refractivity contribution is -0.140. The Morgan fingerprint density at radius 2 is 1.92 bits per heavy atom. The van der Waals surface area contributed by atoms with Gasteiger partial charge in [0.15, 0.2) is 5.54 Å². The smallest absolute Gasteiger partial charge is 0.325 e. The minimum absolute atomic E-state index is 0.279. The van der Waals surface area contributed by atoms with Gasteiger partial charge in [0.2, 0.25) is 0 Å². The third kappa shape index (κ3) is 3.46. The van der Waals surface area contributed by atoms with Crippen molar-refractivity contribution in [2.75, 3.05) is 13.2 Å². The lowest BCUT2D eigenvalue weighted by Crippen LogP contribution is -2.48. The van der Waals surface area contributed by atoms with E-state index in [1.165, 1.54) is 5.01 Å². The van der Waals surface area contributed by atoms with Crippen molar-refractivity contribution < 1.29 is 23.5 Å². The SMILES string of the molecule is Cc1ccc(C2=NN(C(=O)CN3C(=O)N[C@]4(CCOc5ccccc54)C3=O)[C@@H](c3ccco3)C2)cc1. The van der Waals surface area contributed by atoms with Crippen LogP contribution in [0, 0.1) is 6.92 Å². The number of hydrogen-bond donors (Lipinski definition) is 1. The van der Waals surface area contributed by atoms with Gasteiger partial charge in [0.1, 0.15) is 24.1 Å². The molecule has 0 radical (unpaired) electrons. The zero-order valence-corrected chi connectivity index (χ0v) is 19.6. The van der Waals surface area contributed by atoms with Crippen LogP contribution in [-0.4, -0.2) is 46.6 Å². The molecule has 1 aromatic heterocycles. The molecule has 9 heteroatoms. The van der Waals surface area contributed by atoms with Gasteiger partial charge in [0.05, 0.1) is 18.6 Å². The fourth-order valence-electron chi connectivity index (χ4n) is 5.09. The van der Waals surface area contributed by atoms with Crippen molar-refractivity contribution in [3.63, 3.8) is 0 Å². The summed E-state index contributed by atoms with van der Waals surface area (Å²) in [7, 11) is 0. The summed E-state index contributed by atoms with van der Waals surface area (Å²) in [5.74, 6) is 0.198. The van der Waals surface area contributed by atoms with E-state index in [1.54, 1.807) is 36.6 Å². The van der Waals surface area contributed by atoms with Gasteiger partial charge in [-0.05, 0) is 30.7 Å². The molecule has 0 bridgehead atoms. The second-order valence-electron chi connectivity index (χ2n) is 9.21. The monoisotopic (exact) mass is 484 g/mol. The van der Waals surface area contributed by atoms with Gasteiger partial charge in [-0.2, -0.15) is 5.10 Å². The lowest BCUT2D eigenvalue weighted by atomic mass is 9.84. The van der Waals surface area contributed by atoms with Crippen molar-refractivity contribution >= 4 is 23.6 Å². The largest absolute Gasteiger partial charge is 0.493 e. The first-order chi connectivity index (χ1) is 17.5. The molecular weight excluding hydrogens is 460 g/mol. The minimum atomic E-state index is -1.24. The topological polar surface area (TPSA) is 104 Å². The Labute approximate surface area is 207 Å². The number of carbonyl (C=O) groups is 3. The molecule has 4 heterocycles. The molecule has 3 aromatic rings. The van der Waals surface area contributed by atoms with Gasteiger partial charge in [-0.1, -0.05) is 48.0 Å². The number of imide groups is 1. The van der Waals surface area contributed by atoms with E-state index in [2.05, 4.69) is 10.4 Å². The molecule has 1 N–H and O–H groups in total. The van der Waals surface area contributed by atoms with Gasteiger partial charge in [-0.25, -0.2) is 9.80 Å². The fraction of sp³-hybridized carbons (Fsp3) is 0.259. The van der Waals surface area contributed by atoms with Crippen LogP contribution < -0.4 is 10.1 Å². The molecule has 0 saturated carbocycles. The summed E-state index contributed by atoms with van der Waals surface area (Å²) < 4.78 is 11.3. The molecule has 2 aromatic carbocycles. The van der Waals surface area contributed by atoms with Crippen LogP contribution >= 0.6 is 0 Å². The van der Waals surface area contributed by atoms with Crippen molar-refractivity contribution in [2.24, 2.45) is 5.10 Å². The summed E-state index contributed by atoms with van der Waals surface area (Å²) in [5, 5.41) is 8.77. The van der Waals surface area contributed by atoms with Gasteiger partial charge in [0.25, 0.3) is 11.8 Å². The molecule has 2 atom stereocenters. The number of nitrogens with one attached hydrogen (secondary N) is 1. The van der Waals surface area contributed by atoms with Crippen molar-refractivity contribution in [3.8, 4) is 5.75 Å². The van der Waals surface area contributed by atoms with Crippen LogP contribution in [0.25, 0.3) is 0 Å². The summed E-state index contributed by atoms with van der Waals surface area (Å²) in [6.07, 6.45) is 2.29. The quantitative estimate of drug-likeness (QED) is 0.571. The Hall–Kier alpha value is -4.40. The summed E-state index contributed by atoms with van der Waals surface area (Å²) >= 11 is 0. The third-order valence-electron chi connectivity index (χ3n) is 6.97. The molecule has 0 unspecified atom stereocenters. The first-order valence-corrected chi connectivity index (χ1v) is 11.8. The van der Waals surface area contributed by atoms with E-state index >= 15 is 0 Å². The molecule has 0 aliphatic carbocycles. The number of hydrogen-bond acceptors (Lipinski definition) is 6. The molecule has 3 aliphatic heterocycles. The van der Waals surface area contributed by atoms with Crippen LogP contribution in [0.1, 0.15) is 41.3 Å². The summed E-state index contributed by atoms with van der Waals surface area (Å²) in [6.45, 7) is 1.85. The zero-order chi connectivity index (χ0) is 24.9. The maximum atomic E-state index is 13.6. The van der Waals surface area contributed by atoms with E-state index in [-0.39, 0.29) is 13.0 Å². The number of carbonyl (C=O) groups excluding carboxylic acids is 3. The Kier molecular flexibility index (Phi) is 5.13. The Bertz CT molecular complexity index is 1380. The predicted molar refractivity (Wildman–Crippen MR) is 129 cm³/mol. The van der Waals surface area contributed by atoms with Crippen LogP contribution in [0.4, 0.5) is 4.79 Å². The second kappa shape index (κ2) is 8.37. The van der Waals surface area contributed by atoms with Crippen molar-refractivity contribution in [3.05, 3.63) is 89.4 Å². The van der Waals surface area contributed by atoms with E-state index in [0.29, 0.717) is 23.5 Å². The average molecular weight is 485 g/mol. The van der Waals surface area contributed by atoms with E-state index < -0.39 is 36.0 Å². The predicted octanol–water partition coefficient (Wildman–Crippen LogP) is 3.50. The van der Waals surface area contributed by atoms with E-state index in [1.807, 2.05) is 37.3 Å². The summed E-state index contributed by atoms with van der Waals surface area (Å²) in [4.78, 5) is 41.1. The lowest BCUT2D eigenvalue weighted by Gasteiger charge is -2.33. The molecular formula is C27H24N4O5. The molecule has 6 rings (SSSR count). The number of nitrogens with zero attached hydrogens (tertiary/aromatic N) is 3. The van der Waals surface area contributed by atoms with Crippen LogP contribution in [0.5, 0.6) is 5.75 Å². The number of hydrazone groups is 1. The zero-order valence-electron chi connectivity index (χ0n) is 19.6. The van der Waals surface area contributed by atoms with Crippen LogP contribution in [0.2, 0.25) is 0 Å². The van der Waals surface area contributed by atoms with E-state index in [4.69, 9.17) is 9.15 Å². The second-order valence-corrected chi connectivity index (χ2v) is 9.21. The molecule has 182 valence electrons. The van der Waals surface area contributed by atoms with Crippen LogP contribution in [0.15, 0.2) is 76.4 Å². The fourth-order valence-corrected chi connectivity index (χ4v) is 5.09. The molecule has 1 fully saturated rings. The number of para-hydroxylation sites is 1. The number of aryl methyl sites for hydroxylation is 1. The van der Waals surface area contributed by atoms with Gasteiger partial charge in [-0.3, -0.25) is 14.5 Å². The highest BCUT2D eigenvalue weighted by molar-refractivity contribution is 6.10. The molecule has 1 saturated heterocycles. The van der Waals surface area contributed by atoms with Crippen molar-refractivity contribution in [2.45, 2.75) is 31.3 Å². The average Bonchev–Trinajstić information content (AvgIpc) is 3.61. The molecule has 1 spiro atoms. The number of urea groups is 1. The number of rotatable bonds is 4. The Morgan fingerprint density at radius 1 is 1.11 bits per heavy atom. The summed E-state index contributed by atoms with van der Waals surface area (Å²) in [6, 6.07) is 17.5. The standard InChI is InChI=1S/C27H24N4O5/c1-17-8-10-18(11-9-17)20-15-21(23-7-4-13-35-23)31(29-20)24(32)16-30-25(33)27(28-26(30)34)12-14-36-22-6-3-2-5-19(22)27/h2-11,13,21H,12,14-16H2,1H3,(H,28,34)/t21-,27+/m1/s1. The maximum absolute atomic E-state index is 13.6. The maximum Gasteiger partial charge on any atom is 0.325 e. The van der Waals surface area contributed by atoms with Crippen LogP contribution in [0.3, 0.4) is 0 Å². The Morgan fingerprint density at radius 3 is 2.69 bits per heavy atom. The molecule has 36 heavy (non-hydrogen) atoms. The minimum Gasteiger partial charge on any atom is -0.493 e. The molecule has 3 aliphatic rings. The summed E-state index contributed by atoms with van der Waals surface area (Å²) in [5.41, 5.74) is 2.11. The van der Waals surface area contributed by atoms with Gasteiger partial charge in [0, 0.05) is 18.4 Å². The van der Waals surface area contributed by atoms with E-state index in [0.717, 1.165) is 21.7 Å². The van der Waals surface area contributed by atoms with Crippen LogP contribution in [-0.2, 0) is 15.1 Å². The number of ether oxygens (including phenoxy) is 1. The highest BCUT2D eigenvalue weighted by Gasteiger charge is 2.55. The Balaban J connectivity index is 1.29. The van der Waals surface area contributed by atoms with E-state index in [9.17, 15) is 14.4 Å². The number of benzene rings is 2. The highest BCUT2D eigenvalue weighted by Crippen LogP contribution is 2.41. The first kappa shape index (κ1) is 22.1. The molecule has 4 amide bonds. The first-order valence-electron chi connectivity index (χ1n) is 11.8. The number of amides is 4. The number of furan rings is 1. The van der Waals surface area contributed by atoms with Gasteiger partial charge in [-0.15, -0.1) is 0 Å². The van der Waals surface area contributed by atoms with Crippen molar-refractivity contribution in [1.82, 2.24) is 15.2 Å². The van der Waals surface area contributed by atoms with Crippen molar-refractivity contribution in [1.29, 1.82) is 0 Å². The van der Waals surface area contributed by atoms with Gasteiger partial charge < -0.3 is 14.5 Å².